The number of nitrogens with two attached hydrogens (primary N) is 1. The van der Waals surface area contributed by atoms with Crippen LogP contribution in [0.15, 0.2) is 0 Å². The number of carbonyl (C=O) groups excluding carboxylic acids is 1. The van der Waals surface area contributed by atoms with Gasteiger partial charge in [0.05, 0.1) is 0 Å². The van der Waals surface area contributed by atoms with E-state index >= 15 is 0 Å². The maximum atomic E-state index is 11.6. The van der Waals surface area contributed by atoms with Gasteiger partial charge in [-0.1, -0.05) is 13.8 Å². The average molecular weight is 214 g/mol. The van der Waals surface area contributed by atoms with Crippen LogP contribution in [0.2, 0.25) is 0 Å². The van der Waals surface area contributed by atoms with E-state index in [1.807, 2.05) is 18.9 Å². The number of hydrogen-bond acceptors (Lipinski definition) is 2. The molecular weight excluding hydrogens is 188 g/mol. The van der Waals surface area contributed by atoms with Crippen LogP contribution < -0.4 is 5.73 Å². The summed E-state index contributed by atoms with van der Waals surface area (Å²) in [6, 6.07) is 0.207. The third-order valence-electron chi connectivity index (χ3n) is 2.52. The minimum Gasteiger partial charge on any atom is -0.346 e. The Labute approximate surface area is 94.0 Å². The Bertz CT molecular complexity index is 178. The van der Waals surface area contributed by atoms with E-state index in [1.54, 1.807) is 0 Å². The van der Waals surface area contributed by atoms with Crippen molar-refractivity contribution in [3.05, 3.63) is 0 Å². The van der Waals surface area contributed by atoms with Gasteiger partial charge in [-0.25, -0.2) is 0 Å². The van der Waals surface area contributed by atoms with Crippen molar-refractivity contribution in [3.63, 3.8) is 0 Å². The molecule has 0 aliphatic heterocycles. The van der Waals surface area contributed by atoms with Crippen molar-refractivity contribution in [1.82, 2.24) is 4.90 Å². The second kappa shape index (κ2) is 7.69. The largest absolute Gasteiger partial charge is 0.346 e. The summed E-state index contributed by atoms with van der Waals surface area (Å²) in [6.45, 7) is 7.20. The van der Waals surface area contributed by atoms with Crippen LogP contribution in [0.5, 0.6) is 0 Å². The highest BCUT2D eigenvalue weighted by Gasteiger charge is 2.08. The third kappa shape index (κ3) is 8.43. The second-order valence-corrected chi connectivity index (χ2v) is 4.87. The van der Waals surface area contributed by atoms with E-state index in [2.05, 4.69) is 13.8 Å². The van der Waals surface area contributed by atoms with Crippen LogP contribution in [0.3, 0.4) is 0 Å². The number of nitrogens with zero attached hydrogens (tertiary/aromatic N) is 1. The number of hydrogen-bond donors (Lipinski definition) is 1. The van der Waals surface area contributed by atoms with Crippen molar-refractivity contribution in [2.24, 2.45) is 11.7 Å². The van der Waals surface area contributed by atoms with E-state index < -0.39 is 0 Å². The Hall–Kier alpha value is -0.570. The standard InChI is InChI=1S/C12H26N2O/c1-10(2)8-9-14(4)12(15)7-5-6-11(3)13/h10-11H,5-9,13H2,1-4H3. The summed E-state index contributed by atoms with van der Waals surface area (Å²) < 4.78 is 0. The lowest BCUT2D eigenvalue weighted by Crippen LogP contribution is -2.28. The summed E-state index contributed by atoms with van der Waals surface area (Å²) in [5.41, 5.74) is 5.63. The predicted molar refractivity (Wildman–Crippen MR) is 64.6 cm³/mol. The molecule has 1 amide bonds. The first-order valence-corrected chi connectivity index (χ1v) is 5.93. The Morgan fingerprint density at radius 2 is 1.87 bits per heavy atom. The maximum Gasteiger partial charge on any atom is 0.222 e. The van der Waals surface area contributed by atoms with E-state index in [0.717, 1.165) is 25.8 Å². The average Bonchev–Trinajstić information content (AvgIpc) is 2.13. The Morgan fingerprint density at radius 1 is 1.27 bits per heavy atom. The fraction of sp³-hybridized carbons (Fsp3) is 0.917. The Balaban J connectivity index is 3.60. The molecular formula is C12H26N2O. The summed E-state index contributed by atoms with van der Waals surface area (Å²) in [5.74, 6) is 0.903. The van der Waals surface area contributed by atoms with E-state index in [-0.39, 0.29) is 11.9 Å². The number of rotatable bonds is 7. The van der Waals surface area contributed by atoms with Crippen LogP contribution in [-0.2, 0) is 4.79 Å². The smallest absolute Gasteiger partial charge is 0.222 e. The first-order chi connectivity index (χ1) is 6.93. The van der Waals surface area contributed by atoms with Crippen molar-refractivity contribution >= 4 is 5.91 Å². The molecule has 0 aliphatic carbocycles. The molecule has 0 saturated carbocycles. The van der Waals surface area contributed by atoms with Crippen molar-refractivity contribution in [2.75, 3.05) is 13.6 Å². The van der Waals surface area contributed by atoms with Crippen LogP contribution >= 0.6 is 0 Å². The van der Waals surface area contributed by atoms with Crippen LogP contribution in [0.4, 0.5) is 0 Å². The molecule has 0 bridgehead atoms. The molecule has 0 aromatic carbocycles. The summed E-state index contributed by atoms with van der Waals surface area (Å²) in [4.78, 5) is 13.5. The molecule has 0 rings (SSSR count). The van der Waals surface area contributed by atoms with Crippen LogP contribution in [-0.4, -0.2) is 30.4 Å². The topological polar surface area (TPSA) is 46.3 Å². The lowest BCUT2D eigenvalue weighted by atomic mass is 10.1. The van der Waals surface area contributed by atoms with Gasteiger partial charge in [0.2, 0.25) is 5.91 Å². The first kappa shape index (κ1) is 14.4. The van der Waals surface area contributed by atoms with Crippen molar-refractivity contribution in [1.29, 1.82) is 0 Å². The molecule has 0 aromatic rings. The fourth-order valence-corrected chi connectivity index (χ4v) is 1.34. The minimum absolute atomic E-state index is 0.207. The molecule has 2 N–H and O–H groups in total. The summed E-state index contributed by atoms with van der Waals surface area (Å²) in [6.07, 6.45) is 3.55. The quantitative estimate of drug-likeness (QED) is 0.704. The van der Waals surface area contributed by atoms with Gasteiger partial charge in [0.1, 0.15) is 0 Å². The zero-order valence-corrected chi connectivity index (χ0v) is 10.6. The molecule has 90 valence electrons. The molecule has 0 spiro atoms. The molecule has 0 saturated heterocycles. The molecule has 15 heavy (non-hydrogen) atoms. The van der Waals surface area contributed by atoms with Gasteiger partial charge >= 0.3 is 0 Å². The van der Waals surface area contributed by atoms with Gasteiger partial charge in [-0.15, -0.1) is 0 Å². The van der Waals surface area contributed by atoms with Crippen molar-refractivity contribution in [3.8, 4) is 0 Å². The summed E-state index contributed by atoms with van der Waals surface area (Å²) in [5, 5.41) is 0. The van der Waals surface area contributed by atoms with Crippen LogP contribution in [0.1, 0.15) is 46.5 Å². The summed E-state index contributed by atoms with van der Waals surface area (Å²) >= 11 is 0. The molecule has 0 aliphatic rings. The summed E-state index contributed by atoms with van der Waals surface area (Å²) in [7, 11) is 1.89. The predicted octanol–water partition coefficient (Wildman–Crippen LogP) is 2.01. The highest BCUT2D eigenvalue weighted by Crippen LogP contribution is 2.05. The molecule has 0 aromatic heterocycles. The minimum atomic E-state index is 0.207. The van der Waals surface area contributed by atoms with E-state index in [9.17, 15) is 4.79 Å². The zero-order chi connectivity index (χ0) is 11.8. The van der Waals surface area contributed by atoms with E-state index in [0.29, 0.717) is 12.3 Å². The highest BCUT2D eigenvalue weighted by molar-refractivity contribution is 5.75. The number of carbonyl (C=O) groups is 1. The maximum absolute atomic E-state index is 11.6. The molecule has 1 unspecified atom stereocenters. The van der Waals surface area contributed by atoms with Gasteiger partial charge in [0.15, 0.2) is 0 Å². The second-order valence-electron chi connectivity index (χ2n) is 4.87. The van der Waals surface area contributed by atoms with E-state index in [1.165, 1.54) is 0 Å². The van der Waals surface area contributed by atoms with Crippen molar-refractivity contribution < 1.29 is 4.79 Å². The monoisotopic (exact) mass is 214 g/mol. The lowest BCUT2D eigenvalue weighted by Gasteiger charge is -2.18. The Kier molecular flexibility index (Phi) is 7.39. The van der Waals surface area contributed by atoms with Crippen molar-refractivity contribution in [2.45, 2.75) is 52.5 Å². The molecule has 3 nitrogen and oxygen atoms in total. The first-order valence-electron chi connectivity index (χ1n) is 5.93. The van der Waals surface area contributed by atoms with Gasteiger partial charge in [-0.3, -0.25) is 4.79 Å². The molecule has 3 heteroatoms. The van der Waals surface area contributed by atoms with E-state index in [4.69, 9.17) is 5.73 Å². The zero-order valence-electron chi connectivity index (χ0n) is 10.6. The SMILES string of the molecule is CC(C)CCN(C)C(=O)CCCC(C)N. The van der Waals surface area contributed by atoms with Gasteiger partial charge in [-0.2, -0.15) is 0 Å². The normalized spacial score (nSPS) is 12.9. The Morgan fingerprint density at radius 3 is 2.33 bits per heavy atom. The van der Waals surface area contributed by atoms with Crippen LogP contribution in [0.25, 0.3) is 0 Å². The number of amides is 1. The fourth-order valence-electron chi connectivity index (χ4n) is 1.34. The third-order valence-corrected chi connectivity index (χ3v) is 2.52. The lowest BCUT2D eigenvalue weighted by molar-refractivity contribution is -0.130. The molecule has 0 heterocycles. The van der Waals surface area contributed by atoms with Gasteiger partial charge in [-0.05, 0) is 32.1 Å². The molecule has 0 fully saturated rings. The van der Waals surface area contributed by atoms with Gasteiger partial charge in [0.25, 0.3) is 0 Å². The molecule has 0 radical (unpaired) electrons. The van der Waals surface area contributed by atoms with Gasteiger partial charge < -0.3 is 10.6 Å². The van der Waals surface area contributed by atoms with Crippen LogP contribution in [0, 0.1) is 5.92 Å². The highest BCUT2D eigenvalue weighted by atomic mass is 16.2. The molecule has 1 atom stereocenters. The van der Waals surface area contributed by atoms with Gasteiger partial charge in [0, 0.05) is 26.1 Å².